The first-order valence-corrected chi connectivity index (χ1v) is 8.15. The van der Waals surface area contributed by atoms with Crippen molar-refractivity contribution in [3.63, 3.8) is 0 Å². The van der Waals surface area contributed by atoms with Crippen LogP contribution in [0.4, 0.5) is 0 Å². The summed E-state index contributed by atoms with van der Waals surface area (Å²) in [5.74, 6) is -1.58. The number of hydrogen-bond donors (Lipinski definition) is 2. The molecule has 0 fully saturated rings. The van der Waals surface area contributed by atoms with Crippen molar-refractivity contribution >= 4 is 22.7 Å². The smallest absolute Gasteiger partial charge is 0.312 e. The Morgan fingerprint density at radius 2 is 1.96 bits per heavy atom. The van der Waals surface area contributed by atoms with Gasteiger partial charge in [-0.1, -0.05) is 18.2 Å². The maximum absolute atomic E-state index is 12.6. The van der Waals surface area contributed by atoms with Crippen molar-refractivity contribution in [2.45, 2.75) is 19.3 Å². The summed E-state index contributed by atoms with van der Waals surface area (Å²) in [5, 5.41) is 11.4. The van der Waals surface area contributed by atoms with Crippen LogP contribution >= 0.6 is 0 Å². The van der Waals surface area contributed by atoms with E-state index in [4.69, 9.17) is 4.74 Å². The summed E-state index contributed by atoms with van der Waals surface area (Å²) in [6.45, 7) is 1.34. The van der Waals surface area contributed by atoms with Crippen molar-refractivity contribution in [2.75, 3.05) is 0 Å². The lowest BCUT2D eigenvalue weighted by molar-refractivity contribution is -0.135. The summed E-state index contributed by atoms with van der Waals surface area (Å²) >= 11 is 0. The summed E-state index contributed by atoms with van der Waals surface area (Å²) in [7, 11) is 0. The van der Waals surface area contributed by atoms with Crippen LogP contribution in [0, 0.1) is 0 Å². The molecule has 3 aromatic rings. The van der Waals surface area contributed by atoms with Gasteiger partial charge in [0.15, 0.2) is 5.78 Å². The highest BCUT2D eigenvalue weighted by atomic mass is 16.5. The van der Waals surface area contributed by atoms with Gasteiger partial charge < -0.3 is 14.8 Å². The minimum Gasteiger partial charge on any atom is -0.507 e. The fraction of sp³-hybridized carbons (Fsp3) is 0.150. The van der Waals surface area contributed by atoms with Crippen LogP contribution in [0.2, 0.25) is 0 Å². The fourth-order valence-corrected chi connectivity index (χ4v) is 3.42. The summed E-state index contributed by atoms with van der Waals surface area (Å²) in [5.41, 5.74) is 1.10. The minimum atomic E-state index is -0.695. The van der Waals surface area contributed by atoms with Crippen molar-refractivity contribution in [2.24, 2.45) is 0 Å². The van der Waals surface area contributed by atoms with Crippen LogP contribution in [0.25, 0.3) is 10.9 Å². The molecule has 130 valence electrons. The van der Waals surface area contributed by atoms with Crippen LogP contribution in [0.1, 0.15) is 40.7 Å². The van der Waals surface area contributed by atoms with Gasteiger partial charge in [0.25, 0.3) is 5.56 Å². The van der Waals surface area contributed by atoms with Gasteiger partial charge in [0.2, 0.25) is 0 Å². The number of phenols is 1. The number of nitrogens with one attached hydrogen (secondary N) is 1. The largest absolute Gasteiger partial charge is 0.507 e. The predicted molar refractivity (Wildman–Crippen MR) is 94.8 cm³/mol. The van der Waals surface area contributed by atoms with Crippen molar-refractivity contribution in [3.05, 3.63) is 69.5 Å². The predicted octanol–water partition coefficient (Wildman–Crippen LogP) is 2.88. The van der Waals surface area contributed by atoms with Gasteiger partial charge in [0.1, 0.15) is 11.5 Å². The average molecular weight is 349 g/mol. The lowest BCUT2D eigenvalue weighted by atomic mass is 9.84. The van der Waals surface area contributed by atoms with Crippen molar-refractivity contribution in [1.29, 1.82) is 0 Å². The van der Waals surface area contributed by atoms with Gasteiger partial charge >= 0.3 is 5.97 Å². The number of aromatic nitrogens is 1. The molecular formula is C20H15NO5. The van der Waals surface area contributed by atoms with Crippen molar-refractivity contribution in [3.8, 4) is 11.5 Å². The molecule has 0 spiro atoms. The van der Waals surface area contributed by atoms with Crippen LogP contribution < -0.4 is 10.3 Å². The summed E-state index contributed by atoms with van der Waals surface area (Å²) in [6, 6.07) is 11.9. The maximum Gasteiger partial charge on any atom is 0.312 e. The molecule has 26 heavy (non-hydrogen) atoms. The Morgan fingerprint density at radius 3 is 2.73 bits per heavy atom. The van der Waals surface area contributed by atoms with E-state index in [1.807, 2.05) is 18.2 Å². The lowest BCUT2D eigenvalue weighted by Crippen LogP contribution is -2.26. The molecule has 6 heteroatoms. The third kappa shape index (κ3) is 2.47. The quantitative estimate of drug-likeness (QED) is 0.421. The number of carbonyl (C=O) groups excluding carboxylic acids is 2. The number of ketones is 1. The molecule has 6 nitrogen and oxygen atoms in total. The monoisotopic (exact) mass is 349 g/mol. The fourth-order valence-electron chi connectivity index (χ4n) is 3.42. The highest BCUT2D eigenvalue weighted by Gasteiger charge is 2.34. The van der Waals surface area contributed by atoms with Gasteiger partial charge in [-0.2, -0.15) is 0 Å². The third-order valence-electron chi connectivity index (χ3n) is 4.66. The first kappa shape index (κ1) is 16.1. The van der Waals surface area contributed by atoms with E-state index < -0.39 is 11.9 Å². The number of ether oxygens (including phenoxy) is 1. The first-order chi connectivity index (χ1) is 12.5. The van der Waals surface area contributed by atoms with E-state index in [1.165, 1.54) is 19.1 Å². The number of Topliss-reactive ketones (excluding diaryl/α,β-unsaturated/α-hetero) is 1. The van der Waals surface area contributed by atoms with Crippen molar-refractivity contribution in [1.82, 2.24) is 4.98 Å². The van der Waals surface area contributed by atoms with Crippen LogP contribution in [-0.4, -0.2) is 21.8 Å². The summed E-state index contributed by atoms with van der Waals surface area (Å²) < 4.78 is 5.20. The van der Waals surface area contributed by atoms with Crippen LogP contribution in [0.15, 0.2) is 47.3 Å². The molecule has 2 heterocycles. The number of aromatic amines is 1. The number of para-hydroxylation sites is 1. The van der Waals surface area contributed by atoms with Crippen LogP contribution in [-0.2, 0) is 4.79 Å². The minimum absolute atomic E-state index is 0.0939. The molecule has 0 radical (unpaired) electrons. The van der Waals surface area contributed by atoms with E-state index in [1.54, 1.807) is 12.1 Å². The number of rotatable bonds is 2. The number of carbonyl (C=O) groups is 2. The molecule has 1 atom stereocenters. The topological polar surface area (TPSA) is 96.5 Å². The van der Waals surface area contributed by atoms with E-state index in [0.717, 1.165) is 5.39 Å². The van der Waals surface area contributed by atoms with Crippen molar-refractivity contribution < 1.29 is 19.4 Å². The maximum atomic E-state index is 12.6. The molecule has 2 aromatic carbocycles. The standard InChI is InChI=1S/C20H15NO5/c1-10(22)12-6-7-16-18(19(12)24)13(9-17(23)26-16)14-8-11-4-2-3-5-15(11)21-20(14)25/h2-8,13,24H,9H2,1H3,(H,21,25)/t13-/m0/s1. The molecule has 0 saturated heterocycles. The number of fused-ring (bicyclic) bond motifs is 2. The molecule has 1 aromatic heterocycles. The molecule has 2 N–H and O–H groups in total. The second-order valence-electron chi connectivity index (χ2n) is 6.30. The molecule has 0 amide bonds. The van der Waals surface area contributed by atoms with Gasteiger partial charge in [-0.3, -0.25) is 14.4 Å². The SMILES string of the molecule is CC(=O)c1ccc2c(c1O)[C@H](c1cc3ccccc3[nH]c1=O)CC(=O)O2. The number of esters is 1. The van der Waals surface area contributed by atoms with Gasteiger partial charge in [0.05, 0.1) is 12.0 Å². The van der Waals surface area contributed by atoms with Gasteiger partial charge in [-0.15, -0.1) is 0 Å². The zero-order valence-electron chi connectivity index (χ0n) is 13.9. The third-order valence-corrected chi connectivity index (χ3v) is 4.66. The average Bonchev–Trinajstić information content (AvgIpc) is 2.60. The number of pyridine rings is 1. The molecule has 1 aliphatic rings. The lowest BCUT2D eigenvalue weighted by Gasteiger charge is -2.26. The molecule has 0 saturated carbocycles. The van der Waals surface area contributed by atoms with E-state index >= 15 is 0 Å². The second-order valence-corrected chi connectivity index (χ2v) is 6.30. The molecule has 0 aliphatic carbocycles. The molecular weight excluding hydrogens is 334 g/mol. The van der Waals surface area contributed by atoms with Gasteiger partial charge in [0, 0.05) is 22.6 Å². The molecule has 0 unspecified atom stereocenters. The molecule has 1 aliphatic heterocycles. The van der Waals surface area contributed by atoms with Gasteiger partial charge in [-0.25, -0.2) is 0 Å². The number of hydrogen-bond acceptors (Lipinski definition) is 5. The van der Waals surface area contributed by atoms with E-state index in [0.29, 0.717) is 11.1 Å². The van der Waals surface area contributed by atoms with E-state index in [-0.39, 0.29) is 40.4 Å². The Kier molecular flexibility index (Phi) is 3.61. The Bertz CT molecular complexity index is 1130. The highest BCUT2D eigenvalue weighted by molar-refractivity contribution is 5.98. The van der Waals surface area contributed by atoms with E-state index in [9.17, 15) is 19.5 Å². The Balaban J connectivity index is 1.98. The highest BCUT2D eigenvalue weighted by Crippen LogP contribution is 2.44. The van der Waals surface area contributed by atoms with Gasteiger partial charge in [-0.05, 0) is 36.6 Å². The summed E-state index contributed by atoms with van der Waals surface area (Å²) in [4.78, 5) is 39.2. The number of aromatic hydroxyl groups is 1. The molecule has 0 bridgehead atoms. The normalized spacial score (nSPS) is 16.2. The number of benzene rings is 2. The van der Waals surface area contributed by atoms with Crippen LogP contribution in [0.3, 0.4) is 0 Å². The Morgan fingerprint density at radius 1 is 1.19 bits per heavy atom. The molecule has 4 rings (SSSR count). The Hall–Kier alpha value is -3.41. The zero-order valence-corrected chi connectivity index (χ0v) is 13.9. The summed E-state index contributed by atoms with van der Waals surface area (Å²) in [6.07, 6.45) is -0.0939. The number of H-pyrrole nitrogens is 1. The van der Waals surface area contributed by atoms with Crippen LogP contribution in [0.5, 0.6) is 11.5 Å². The Labute approximate surface area is 148 Å². The second kappa shape index (κ2) is 5.84. The van der Waals surface area contributed by atoms with E-state index in [2.05, 4.69) is 4.98 Å². The first-order valence-electron chi connectivity index (χ1n) is 8.15. The zero-order chi connectivity index (χ0) is 18.4. The number of phenolic OH excluding ortho intramolecular Hbond substituents is 1.